The van der Waals surface area contributed by atoms with Crippen molar-refractivity contribution >= 4 is 10.0 Å². The van der Waals surface area contributed by atoms with Crippen LogP contribution in [0.2, 0.25) is 0 Å². The van der Waals surface area contributed by atoms with Crippen molar-refractivity contribution in [3.63, 3.8) is 0 Å². The van der Waals surface area contributed by atoms with Crippen LogP contribution in [0.25, 0.3) is 11.4 Å². The first-order valence-corrected chi connectivity index (χ1v) is 12.4. The molecule has 2 aromatic carbocycles. The Bertz CT molecular complexity index is 1300. The number of ether oxygens (including phenoxy) is 1. The number of benzene rings is 2. The van der Waals surface area contributed by atoms with Crippen LogP contribution in [-0.2, 0) is 22.7 Å². The monoisotopic (exact) mass is 511 g/mol. The number of nitrogens with zero attached hydrogens (tertiary/aromatic N) is 4. The molecule has 1 heterocycles. The number of alkyl halides is 3. The van der Waals surface area contributed by atoms with E-state index in [1.807, 2.05) is 0 Å². The third-order valence-corrected chi connectivity index (χ3v) is 7.07. The average molecular weight is 512 g/mol. The molecule has 0 amide bonds. The first-order valence-electron chi connectivity index (χ1n) is 10.8. The summed E-state index contributed by atoms with van der Waals surface area (Å²) in [6.45, 7) is 0.144. The van der Waals surface area contributed by atoms with Crippen molar-refractivity contribution in [1.29, 1.82) is 0 Å². The summed E-state index contributed by atoms with van der Waals surface area (Å²) in [5.74, 6) is 0.0736. The molecule has 35 heavy (non-hydrogen) atoms. The number of tetrazole rings is 1. The van der Waals surface area contributed by atoms with E-state index in [4.69, 9.17) is 9.88 Å². The predicted octanol–water partition coefficient (Wildman–Crippen LogP) is 3.08. The van der Waals surface area contributed by atoms with Crippen LogP contribution in [-0.4, -0.2) is 46.9 Å². The Balaban J connectivity index is 1.84. The minimum absolute atomic E-state index is 0.144. The van der Waals surface area contributed by atoms with Crippen LogP contribution < -0.4 is 9.88 Å². The van der Waals surface area contributed by atoms with Crippen LogP contribution in [0, 0.1) is 0 Å². The molecule has 0 spiro atoms. The van der Waals surface area contributed by atoms with E-state index in [-0.39, 0.29) is 23.9 Å². The Morgan fingerprint density at radius 1 is 1.11 bits per heavy atom. The quantitative estimate of drug-likeness (QED) is 0.520. The summed E-state index contributed by atoms with van der Waals surface area (Å²) < 4.78 is 71.6. The number of sulfonamides is 1. The summed E-state index contributed by atoms with van der Waals surface area (Å²) in [4.78, 5) is 0.0938. The maximum absolute atomic E-state index is 13.8. The lowest BCUT2D eigenvalue weighted by Gasteiger charge is -2.28. The van der Waals surface area contributed by atoms with Crippen LogP contribution in [0.4, 0.5) is 13.2 Å². The zero-order valence-electron chi connectivity index (χ0n) is 18.7. The maximum Gasteiger partial charge on any atom is 0.417 e. The molecule has 188 valence electrons. The fourth-order valence-electron chi connectivity index (χ4n) is 4.38. The molecule has 1 aromatic heterocycles. The van der Waals surface area contributed by atoms with E-state index in [0.29, 0.717) is 37.0 Å². The Morgan fingerprint density at radius 2 is 1.77 bits per heavy atom. The third-order valence-electron chi connectivity index (χ3n) is 6.08. The van der Waals surface area contributed by atoms with Crippen molar-refractivity contribution in [2.45, 2.75) is 55.3 Å². The van der Waals surface area contributed by atoms with Gasteiger partial charge in [-0.2, -0.15) is 18.0 Å². The molecule has 0 radical (unpaired) electrons. The Kier molecular flexibility index (Phi) is 6.84. The fourth-order valence-corrected chi connectivity index (χ4v) is 5.36. The number of hydrogen-bond donors (Lipinski definition) is 2. The van der Waals surface area contributed by atoms with Crippen LogP contribution in [0.3, 0.4) is 0 Å². The number of aromatic nitrogens is 4. The molecular weight excluding hydrogens is 487 g/mol. The van der Waals surface area contributed by atoms with Crippen molar-refractivity contribution in [2.24, 2.45) is 5.14 Å². The van der Waals surface area contributed by atoms with E-state index in [1.165, 1.54) is 18.0 Å². The molecule has 4 rings (SSSR count). The zero-order valence-corrected chi connectivity index (χ0v) is 19.6. The highest BCUT2D eigenvalue weighted by Gasteiger charge is 2.40. The molecule has 3 aromatic rings. The highest BCUT2D eigenvalue weighted by Crippen LogP contribution is 2.44. The van der Waals surface area contributed by atoms with Crippen molar-refractivity contribution in [3.05, 3.63) is 53.1 Å². The van der Waals surface area contributed by atoms with Crippen molar-refractivity contribution < 1.29 is 31.4 Å². The van der Waals surface area contributed by atoms with Gasteiger partial charge in [-0.15, -0.1) is 10.2 Å². The molecule has 1 saturated carbocycles. The lowest BCUT2D eigenvalue weighted by atomic mass is 9.80. The molecular formula is C22H24F3N5O4S. The van der Waals surface area contributed by atoms with Gasteiger partial charge in [-0.05, 0) is 66.1 Å². The minimum Gasteiger partial charge on any atom is -0.497 e. The first kappa shape index (κ1) is 25.1. The van der Waals surface area contributed by atoms with Gasteiger partial charge < -0.3 is 9.84 Å². The predicted molar refractivity (Wildman–Crippen MR) is 119 cm³/mol. The number of aliphatic hydroxyl groups is 1. The van der Waals surface area contributed by atoms with E-state index >= 15 is 0 Å². The third kappa shape index (κ3) is 5.46. The van der Waals surface area contributed by atoms with Crippen LogP contribution in [0.5, 0.6) is 5.75 Å². The number of hydrogen-bond acceptors (Lipinski definition) is 7. The number of halogens is 3. The minimum atomic E-state index is -4.98. The molecule has 1 fully saturated rings. The number of aliphatic hydroxyl groups excluding tert-OH is 1. The smallest absolute Gasteiger partial charge is 0.417 e. The largest absolute Gasteiger partial charge is 0.497 e. The van der Waals surface area contributed by atoms with Crippen molar-refractivity contribution in [3.8, 4) is 17.1 Å². The molecule has 0 atom stereocenters. The second-order valence-electron chi connectivity index (χ2n) is 8.45. The second kappa shape index (κ2) is 9.55. The number of primary sulfonamides is 1. The topological polar surface area (TPSA) is 133 Å². The standard InChI is InChI=1S/C22H24F3N5O4S/c1-34-16-8-2-13(3-9-16)12-30-28-21(27-29-30)19-17(14-4-6-15(31)7-5-14)10-11-18(22(23,24)25)20(19)35(26,32)33/h2-3,8-11,14-15,31H,4-7,12H2,1H3,(H2,26,32,33). The molecule has 1 aliphatic carbocycles. The normalized spacial score (nSPS) is 19.0. The summed E-state index contributed by atoms with van der Waals surface area (Å²) in [5, 5.41) is 27.2. The van der Waals surface area contributed by atoms with E-state index in [0.717, 1.165) is 11.6 Å². The summed E-state index contributed by atoms with van der Waals surface area (Å²) in [6.07, 6.45) is -3.68. The number of methoxy groups -OCH3 is 1. The lowest BCUT2D eigenvalue weighted by Crippen LogP contribution is -2.23. The maximum atomic E-state index is 13.8. The van der Waals surface area contributed by atoms with Gasteiger partial charge in [0.05, 0.1) is 25.3 Å². The molecule has 0 bridgehead atoms. The van der Waals surface area contributed by atoms with Gasteiger partial charge in [-0.1, -0.05) is 18.2 Å². The van der Waals surface area contributed by atoms with Crippen LogP contribution in [0.15, 0.2) is 41.3 Å². The first-order chi connectivity index (χ1) is 16.5. The van der Waals surface area contributed by atoms with Gasteiger partial charge in [0.1, 0.15) is 10.6 Å². The average Bonchev–Trinajstić information content (AvgIpc) is 3.26. The summed E-state index contributed by atoms with van der Waals surface area (Å²) in [6, 6.07) is 8.97. The molecule has 0 aliphatic heterocycles. The highest BCUT2D eigenvalue weighted by atomic mass is 32.2. The Hall–Kier alpha value is -3.03. The van der Waals surface area contributed by atoms with Crippen molar-refractivity contribution in [1.82, 2.24) is 20.2 Å². The van der Waals surface area contributed by atoms with Gasteiger partial charge in [0.25, 0.3) is 0 Å². The fraction of sp³-hybridized carbons (Fsp3) is 0.409. The van der Waals surface area contributed by atoms with E-state index < -0.39 is 32.8 Å². The lowest BCUT2D eigenvalue weighted by molar-refractivity contribution is -0.139. The van der Waals surface area contributed by atoms with Gasteiger partial charge in [-0.3, -0.25) is 0 Å². The number of rotatable bonds is 6. The summed E-state index contributed by atoms with van der Waals surface area (Å²) in [5.41, 5.74) is -0.587. The van der Waals surface area contributed by atoms with Gasteiger partial charge in [0.2, 0.25) is 15.8 Å². The Morgan fingerprint density at radius 3 is 2.34 bits per heavy atom. The Labute approximate surface area is 199 Å². The molecule has 0 unspecified atom stereocenters. The molecule has 13 heteroatoms. The zero-order chi connectivity index (χ0) is 25.4. The molecule has 0 saturated heterocycles. The van der Waals surface area contributed by atoms with Crippen LogP contribution in [0.1, 0.15) is 48.3 Å². The van der Waals surface area contributed by atoms with Gasteiger partial charge in [0.15, 0.2) is 0 Å². The summed E-state index contributed by atoms with van der Waals surface area (Å²) in [7, 11) is -3.29. The molecule has 3 N–H and O–H groups in total. The van der Waals surface area contributed by atoms with Crippen molar-refractivity contribution in [2.75, 3.05) is 7.11 Å². The second-order valence-corrected chi connectivity index (χ2v) is 9.94. The van der Waals surface area contributed by atoms with E-state index in [2.05, 4.69) is 15.4 Å². The van der Waals surface area contributed by atoms with E-state index in [9.17, 15) is 26.7 Å². The SMILES string of the molecule is COc1ccc(Cn2nnc(-c3c(C4CCC(O)CC4)ccc(C(F)(F)F)c3S(N)(=O)=O)n2)cc1. The van der Waals surface area contributed by atoms with Gasteiger partial charge in [0, 0.05) is 5.56 Å². The summed E-state index contributed by atoms with van der Waals surface area (Å²) >= 11 is 0. The number of nitrogens with two attached hydrogens (primary N) is 1. The molecule has 1 aliphatic rings. The van der Waals surface area contributed by atoms with Gasteiger partial charge >= 0.3 is 6.18 Å². The molecule has 9 nitrogen and oxygen atoms in total. The van der Waals surface area contributed by atoms with Gasteiger partial charge in [-0.25, -0.2) is 13.6 Å². The van der Waals surface area contributed by atoms with E-state index in [1.54, 1.807) is 24.3 Å². The van der Waals surface area contributed by atoms with Crippen LogP contribution >= 0.6 is 0 Å². The highest BCUT2D eigenvalue weighted by molar-refractivity contribution is 7.89.